The number of nitrogens with one attached hydrogen (secondary N) is 1. The molecule has 0 bridgehead atoms. The Morgan fingerprint density at radius 1 is 1.20 bits per heavy atom. The molecule has 1 aliphatic heterocycles. The van der Waals surface area contributed by atoms with E-state index in [1.165, 1.54) is 30.5 Å². The lowest BCUT2D eigenvalue weighted by Gasteiger charge is -2.18. The van der Waals surface area contributed by atoms with E-state index in [-0.39, 0.29) is 0 Å². The van der Waals surface area contributed by atoms with Crippen molar-refractivity contribution >= 4 is 0 Å². The van der Waals surface area contributed by atoms with Crippen LogP contribution in [0.4, 0.5) is 0 Å². The Kier molecular flexibility index (Phi) is 3.42. The van der Waals surface area contributed by atoms with Crippen LogP contribution in [0.2, 0.25) is 0 Å². The number of rotatable bonds is 3. The van der Waals surface area contributed by atoms with Crippen LogP contribution >= 0.6 is 0 Å². The average molecular weight is 203 g/mol. The molecule has 1 saturated heterocycles. The lowest BCUT2D eigenvalue weighted by atomic mass is 9.86. The molecule has 0 unspecified atom stereocenters. The Balaban J connectivity index is 2.11. The van der Waals surface area contributed by atoms with Crippen LogP contribution in [0, 0.1) is 12.8 Å². The maximum absolute atomic E-state index is 3.52. The van der Waals surface area contributed by atoms with Gasteiger partial charge in [-0.25, -0.2) is 0 Å². The van der Waals surface area contributed by atoms with Crippen molar-refractivity contribution in [2.24, 2.45) is 5.92 Å². The van der Waals surface area contributed by atoms with Gasteiger partial charge in [0, 0.05) is 12.5 Å². The molecule has 1 aromatic rings. The van der Waals surface area contributed by atoms with Crippen molar-refractivity contribution in [2.45, 2.75) is 32.6 Å². The smallest absolute Gasteiger partial charge is 0.00234 e. The molecule has 1 aliphatic rings. The molecule has 82 valence electrons. The number of hydrogen-bond acceptors (Lipinski definition) is 1. The largest absolute Gasteiger partial charge is 0.316 e. The van der Waals surface area contributed by atoms with Gasteiger partial charge in [-0.15, -0.1) is 0 Å². The van der Waals surface area contributed by atoms with Crippen LogP contribution in [0.5, 0.6) is 0 Å². The van der Waals surface area contributed by atoms with E-state index in [9.17, 15) is 0 Å². The molecule has 15 heavy (non-hydrogen) atoms. The Hall–Kier alpha value is -0.820. The molecule has 1 heteroatoms. The van der Waals surface area contributed by atoms with Gasteiger partial charge in [0.1, 0.15) is 0 Å². The van der Waals surface area contributed by atoms with Crippen LogP contribution < -0.4 is 5.32 Å². The number of aryl methyl sites for hydroxylation is 1. The highest BCUT2D eigenvalue weighted by molar-refractivity contribution is 5.26. The Bertz CT molecular complexity index is 302. The van der Waals surface area contributed by atoms with Crippen LogP contribution in [0.25, 0.3) is 0 Å². The molecule has 1 fully saturated rings. The van der Waals surface area contributed by atoms with Crippen molar-refractivity contribution in [1.82, 2.24) is 5.32 Å². The van der Waals surface area contributed by atoms with Gasteiger partial charge in [0.05, 0.1) is 0 Å². The molecule has 0 radical (unpaired) electrons. The minimum atomic E-state index is 0.741. The zero-order valence-corrected chi connectivity index (χ0v) is 9.79. The zero-order chi connectivity index (χ0) is 10.7. The van der Waals surface area contributed by atoms with Gasteiger partial charge < -0.3 is 5.32 Å². The fourth-order valence-electron chi connectivity index (χ4n) is 2.61. The summed E-state index contributed by atoms with van der Waals surface area (Å²) in [6.45, 7) is 6.80. The number of hydrogen-bond donors (Lipinski definition) is 1. The fourth-order valence-corrected chi connectivity index (χ4v) is 2.61. The van der Waals surface area contributed by atoms with E-state index in [0.717, 1.165) is 18.4 Å². The molecule has 0 aromatic heterocycles. The topological polar surface area (TPSA) is 12.0 Å². The fraction of sp³-hybridized carbons (Fsp3) is 0.571. The van der Waals surface area contributed by atoms with Gasteiger partial charge in [0.2, 0.25) is 0 Å². The summed E-state index contributed by atoms with van der Waals surface area (Å²) >= 11 is 0. The summed E-state index contributed by atoms with van der Waals surface area (Å²) in [4.78, 5) is 0. The summed E-state index contributed by atoms with van der Waals surface area (Å²) in [5.74, 6) is 1.59. The van der Waals surface area contributed by atoms with Gasteiger partial charge in [-0.3, -0.25) is 0 Å². The Morgan fingerprint density at radius 2 is 1.93 bits per heavy atom. The molecule has 0 spiro atoms. The first-order valence-corrected chi connectivity index (χ1v) is 6.08. The van der Waals surface area contributed by atoms with Gasteiger partial charge in [-0.2, -0.15) is 0 Å². The molecular weight excluding hydrogens is 182 g/mol. The molecule has 0 aliphatic carbocycles. The summed E-state index contributed by atoms with van der Waals surface area (Å²) in [6.07, 6.45) is 2.65. The Labute approximate surface area is 92.9 Å². The van der Waals surface area contributed by atoms with E-state index < -0.39 is 0 Å². The van der Waals surface area contributed by atoms with Gasteiger partial charge in [-0.1, -0.05) is 43.2 Å². The molecule has 2 atom stereocenters. The highest BCUT2D eigenvalue weighted by Crippen LogP contribution is 2.31. The van der Waals surface area contributed by atoms with Crippen molar-refractivity contribution < 1.29 is 0 Å². The van der Waals surface area contributed by atoms with Gasteiger partial charge in [0.15, 0.2) is 0 Å². The zero-order valence-electron chi connectivity index (χ0n) is 9.79. The third-order valence-corrected chi connectivity index (χ3v) is 3.50. The molecule has 1 aromatic carbocycles. The van der Waals surface area contributed by atoms with E-state index in [1.54, 1.807) is 0 Å². The van der Waals surface area contributed by atoms with E-state index in [0.29, 0.717) is 0 Å². The van der Waals surface area contributed by atoms with Crippen molar-refractivity contribution in [3.05, 3.63) is 35.4 Å². The highest BCUT2D eigenvalue weighted by atomic mass is 14.9. The standard InChI is InChI=1S/C14H21N/c1-3-4-13-9-15-10-14(13)12-7-5-11(2)6-8-12/h5-8,13-15H,3-4,9-10H2,1-2H3/t13-,14+/m1/s1. The summed E-state index contributed by atoms with van der Waals surface area (Å²) in [5.41, 5.74) is 2.88. The lowest BCUT2D eigenvalue weighted by molar-refractivity contribution is 0.473. The lowest BCUT2D eigenvalue weighted by Crippen LogP contribution is -2.10. The summed E-state index contributed by atoms with van der Waals surface area (Å²) in [6, 6.07) is 9.07. The molecule has 1 nitrogen and oxygen atoms in total. The van der Waals surface area contributed by atoms with E-state index in [1.807, 2.05) is 0 Å². The number of benzene rings is 1. The molecule has 0 saturated carbocycles. The molecule has 1 N–H and O–H groups in total. The quantitative estimate of drug-likeness (QED) is 0.796. The third kappa shape index (κ3) is 2.40. The second-order valence-corrected chi connectivity index (χ2v) is 4.72. The van der Waals surface area contributed by atoms with Gasteiger partial charge >= 0.3 is 0 Å². The second-order valence-electron chi connectivity index (χ2n) is 4.72. The van der Waals surface area contributed by atoms with Gasteiger partial charge in [0.25, 0.3) is 0 Å². The van der Waals surface area contributed by atoms with Crippen molar-refractivity contribution in [2.75, 3.05) is 13.1 Å². The normalized spacial score (nSPS) is 25.7. The highest BCUT2D eigenvalue weighted by Gasteiger charge is 2.27. The van der Waals surface area contributed by atoms with Crippen LogP contribution in [0.1, 0.15) is 36.8 Å². The van der Waals surface area contributed by atoms with E-state index >= 15 is 0 Å². The minimum Gasteiger partial charge on any atom is -0.316 e. The Morgan fingerprint density at radius 3 is 2.60 bits per heavy atom. The monoisotopic (exact) mass is 203 g/mol. The summed E-state index contributed by atoms with van der Waals surface area (Å²) < 4.78 is 0. The van der Waals surface area contributed by atoms with E-state index in [2.05, 4.69) is 43.4 Å². The molecule has 1 heterocycles. The van der Waals surface area contributed by atoms with E-state index in [4.69, 9.17) is 0 Å². The van der Waals surface area contributed by atoms with Crippen LogP contribution in [0.15, 0.2) is 24.3 Å². The summed E-state index contributed by atoms with van der Waals surface area (Å²) in [7, 11) is 0. The van der Waals surface area contributed by atoms with Crippen LogP contribution in [-0.4, -0.2) is 13.1 Å². The first-order chi connectivity index (χ1) is 7.31. The van der Waals surface area contributed by atoms with Crippen LogP contribution in [0.3, 0.4) is 0 Å². The minimum absolute atomic E-state index is 0.741. The maximum Gasteiger partial charge on any atom is 0.00234 e. The molecule has 0 amide bonds. The first-order valence-electron chi connectivity index (χ1n) is 6.08. The van der Waals surface area contributed by atoms with Crippen molar-refractivity contribution in [3.63, 3.8) is 0 Å². The first kappa shape index (κ1) is 10.7. The molecule has 2 rings (SSSR count). The molecular formula is C14H21N. The van der Waals surface area contributed by atoms with Crippen molar-refractivity contribution in [3.8, 4) is 0 Å². The van der Waals surface area contributed by atoms with Crippen molar-refractivity contribution in [1.29, 1.82) is 0 Å². The van der Waals surface area contributed by atoms with Crippen LogP contribution in [-0.2, 0) is 0 Å². The average Bonchev–Trinajstić information content (AvgIpc) is 2.68. The van der Waals surface area contributed by atoms with Gasteiger partial charge in [-0.05, 0) is 31.4 Å². The predicted octanol–water partition coefficient (Wildman–Crippen LogP) is 3.10. The SMILES string of the molecule is CCC[C@@H]1CNC[C@H]1c1ccc(C)cc1. The second kappa shape index (κ2) is 4.80. The predicted molar refractivity (Wildman–Crippen MR) is 65.2 cm³/mol. The maximum atomic E-state index is 3.52. The summed E-state index contributed by atoms with van der Waals surface area (Å²) in [5, 5.41) is 3.52. The third-order valence-electron chi connectivity index (χ3n) is 3.50.